The second-order valence-electron chi connectivity index (χ2n) is 4.90. The van der Waals surface area contributed by atoms with Gasteiger partial charge in [-0.25, -0.2) is 8.42 Å². The van der Waals surface area contributed by atoms with Gasteiger partial charge in [0.1, 0.15) is 12.4 Å². The van der Waals surface area contributed by atoms with Crippen LogP contribution in [0.2, 0.25) is 10.0 Å². The van der Waals surface area contributed by atoms with Crippen LogP contribution in [0.3, 0.4) is 0 Å². The number of sulfonamides is 1. The van der Waals surface area contributed by atoms with Gasteiger partial charge in [0.25, 0.3) is 0 Å². The number of methoxy groups -OCH3 is 1. The lowest BCUT2D eigenvalue weighted by Gasteiger charge is -2.18. The maximum Gasteiger partial charge on any atom is 0.242 e. The van der Waals surface area contributed by atoms with Gasteiger partial charge in [0.15, 0.2) is 5.75 Å². The van der Waals surface area contributed by atoms with Crippen molar-refractivity contribution in [3.8, 4) is 11.5 Å². The first-order valence-corrected chi connectivity index (χ1v) is 9.23. The van der Waals surface area contributed by atoms with E-state index in [1.54, 1.807) is 30.3 Å². The Morgan fingerprint density at radius 1 is 1.04 bits per heavy atom. The molecular weight excluding hydrogens is 373 g/mol. The van der Waals surface area contributed by atoms with Crippen LogP contribution in [0.25, 0.3) is 0 Å². The molecule has 0 unspecified atom stereocenters. The van der Waals surface area contributed by atoms with Gasteiger partial charge in [0, 0.05) is 13.6 Å². The lowest BCUT2D eigenvalue weighted by atomic mass is 10.3. The zero-order valence-corrected chi connectivity index (χ0v) is 15.5. The Morgan fingerprint density at radius 3 is 2.17 bits per heavy atom. The lowest BCUT2D eigenvalue weighted by molar-refractivity contribution is 0.287. The van der Waals surface area contributed by atoms with Crippen molar-refractivity contribution in [3.05, 3.63) is 52.5 Å². The molecule has 0 aliphatic heterocycles. The zero-order valence-electron chi connectivity index (χ0n) is 13.2. The molecule has 0 radical (unpaired) electrons. The van der Waals surface area contributed by atoms with Crippen molar-refractivity contribution in [1.29, 1.82) is 0 Å². The van der Waals surface area contributed by atoms with Crippen LogP contribution in [0.4, 0.5) is 0 Å². The summed E-state index contributed by atoms with van der Waals surface area (Å²) in [6.07, 6.45) is 0. The summed E-state index contributed by atoms with van der Waals surface area (Å²) < 4.78 is 36.7. The largest absolute Gasteiger partial charge is 0.497 e. The van der Waals surface area contributed by atoms with E-state index < -0.39 is 10.0 Å². The molecule has 0 saturated heterocycles. The van der Waals surface area contributed by atoms with Crippen molar-refractivity contribution in [3.63, 3.8) is 0 Å². The molecule has 8 heteroatoms. The number of ether oxygens (including phenoxy) is 2. The summed E-state index contributed by atoms with van der Waals surface area (Å²) in [6.45, 7) is 0.269. The van der Waals surface area contributed by atoms with Crippen LogP contribution in [0.1, 0.15) is 0 Å². The number of likely N-dealkylation sites (N-methyl/N-ethyl adjacent to an activating group) is 1. The molecule has 0 heterocycles. The fraction of sp³-hybridized carbons (Fsp3) is 0.250. The average Bonchev–Trinajstić information content (AvgIpc) is 2.57. The molecule has 2 aromatic carbocycles. The molecular formula is C16H17Cl2NO4S. The van der Waals surface area contributed by atoms with Crippen molar-refractivity contribution in [1.82, 2.24) is 4.31 Å². The zero-order chi connectivity index (χ0) is 17.7. The van der Waals surface area contributed by atoms with E-state index in [-0.39, 0.29) is 18.0 Å². The van der Waals surface area contributed by atoms with E-state index in [4.69, 9.17) is 32.7 Å². The van der Waals surface area contributed by atoms with Crippen molar-refractivity contribution in [2.45, 2.75) is 4.90 Å². The molecule has 0 aliphatic rings. The quantitative estimate of drug-likeness (QED) is 0.724. The Balaban J connectivity index is 2.01. The monoisotopic (exact) mass is 389 g/mol. The van der Waals surface area contributed by atoms with Crippen LogP contribution >= 0.6 is 23.2 Å². The highest BCUT2D eigenvalue weighted by atomic mass is 35.5. The van der Waals surface area contributed by atoms with E-state index in [0.717, 1.165) is 0 Å². The first-order chi connectivity index (χ1) is 11.4. The molecule has 0 saturated carbocycles. The predicted molar refractivity (Wildman–Crippen MR) is 94.8 cm³/mol. The van der Waals surface area contributed by atoms with Crippen molar-refractivity contribution in [2.24, 2.45) is 0 Å². The maximum atomic E-state index is 12.5. The van der Waals surface area contributed by atoms with Crippen LogP contribution in [-0.2, 0) is 10.0 Å². The lowest BCUT2D eigenvalue weighted by Crippen LogP contribution is -2.31. The van der Waals surface area contributed by atoms with Crippen LogP contribution in [0.5, 0.6) is 11.5 Å². The highest BCUT2D eigenvalue weighted by molar-refractivity contribution is 7.89. The minimum absolute atomic E-state index is 0.120. The van der Waals surface area contributed by atoms with Crippen LogP contribution in [-0.4, -0.2) is 40.0 Å². The molecule has 24 heavy (non-hydrogen) atoms. The fourth-order valence-electron chi connectivity index (χ4n) is 1.94. The van der Waals surface area contributed by atoms with Gasteiger partial charge in [0.05, 0.1) is 22.1 Å². The molecule has 0 atom stereocenters. The second-order valence-corrected chi connectivity index (χ2v) is 7.76. The van der Waals surface area contributed by atoms with Gasteiger partial charge in [-0.2, -0.15) is 4.31 Å². The molecule has 0 aliphatic carbocycles. The Hall–Kier alpha value is -1.47. The number of nitrogens with zero attached hydrogens (tertiary/aromatic N) is 1. The number of rotatable bonds is 7. The summed E-state index contributed by atoms with van der Waals surface area (Å²) in [5, 5.41) is 0.756. The summed E-state index contributed by atoms with van der Waals surface area (Å²) in [7, 11) is -0.603. The van der Waals surface area contributed by atoms with E-state index in [0.29, 0.717) is 21.5 Å². The van der Waals surface area contributed by atoms with Gasteiger partial charge < -0.3 is 9.47 Å². The molecule has 0 spiro atoms. The van der Waals surface area contributed by atoms with Crippen molar-refractivity contribution >= 4 is 33.2 Å². The van der Waals surface area contributed by atoms with Gasteiger partial charge in [-0.15, -0.1) is 0 Å². The molecule has 0 bridgehead atoms. The summed E-state index contributed by atoms with van der Waals surface area (Å²) in [4.78, 5) is 0.182. The topological polar surface area (TPSA) is 55.8 Å². The normalized spacial score (nSPS) is 11.5. The average molecular weight is 390 g/mol. The number of benzene rings is 2. The van der Waals surface area contributed by atoms with Gasteiger partial charge in [-0.1, -0.05) is 29.3 Å². The van der Waals surface area contributed by atoms with Crippen molar-refractivity contribution < 1.29 is 17.9 Å². The number of hydrogen-bond acceptors (Lipinski definition) is 4. The molecule has 0 aromatic heterocycles. The van der Waals surface area contributed by atoms with E-state index in [9.17, 15) is 8.42 Å². The molecule has 2 rings (SSSR count). The summed E-state index contributed by atoms with van der Waals surface area (Å²) in [6, 6.07) is 11.2. The summed E-state index contributed by atoms with van der Waals surface area (Å²) >= 11 is 12.0. The van der Waals surface area contributed by atoms with Gasteiger partial charge in [-0.05, 0) is 36.4 Å². The van der Waals surface area contributed by atoms with E-state index in [1.807, 2.05) is 0 Å². The maximum absolute atomic E-state index is 12.5. The number of hydrogen-bond donors (Lipinski definition) is 0. The molecule has 0 fully saturated rings. The Kier molecular flexibility index (Phi) is 6.34. The third-order valence-corrected chi connectivity index (χ3v) is 5.81. The first kappa shape index (κ1) is 18.9. The SMILES string of the molecule is COc1ccc(S(=O)(=O)N(C)CCOc2c(Cl)cccc2Cl)cc1. The summed E-state index contributed by atoms with van der Waals surface area (Å²) in [5.74, 6) is 0.935. The molecule has 0 N–H and O–H groups in total. The minimum atomic E-state index is -3.61. The van der Waals surface area contributed by atoms with Gasteiger partial charge in [-0.3, -0.25) is 0 Å². The molecule has 5 nitrogen and oxygen atoms in total. The Morgan fingerprint density at radius 2 is 1.62 bits per heavy atom. The van der Waals surface area contributed by atoms with Crippen LogP contribution < -0.4 is 9.47 Å². The molecule has 0 amide bonds. The third kappa shape index (κ3) is 4.33. The molecule has 130 valence electrons. The van der Waals surface area contributed by atoms with Crippen molar-refractivity contribution in [2.75, 3.05) is 27.3 Å². The number of para-hydroxylation sites is 1. The van der Waals surface area contributed by atoms with E-state index >= 15 is 0 Å². The number of halogens is 2. The van der Waals surface area contributed by atoms with Crippen LogP contribution in [0.15, 0.2) is 47.4 Å². The van der Waals surface area contributed by atoms with Gasteiger partial charge >= 0.3 is 0 Å². The fourth-order valence-corrected chi connectivity index (χ4v) is 3.61. The first-order valence-electron chi connectivity index (χ1n) is 7.03. The Labute approximate surface area is 151 Å². The highest BCUT2D eigenvalue weighted by Crippen LogP contribution is 2.32. The third-order valence-electron chi connectivity index (χ3n) is 3.34. The second kappa shape index (κ2) is 8.07. The van der Waals surface area contributed by atoms with E-state index in [2.05, 4.69) is 0 Å². The highest BCUT2D eigenvalue weighted by Gasteiger charge is 2.20. The predicted octanol–water partition coefficient (Wildman–Crippen LogP) is 3.70. The molecule has 2 aromatic rings. The standard InChI is InChI=1S/C16H17Cl2NO4S/c1-19(10-11-23-16-14(17)4-3-5-15(16)18)24(20,21)13-8-6-12(22-2)7-9-13/h3-9H,10-11H2,1-2H3. The minimum Gasteiger partial charge on any atom is -0.497 e. The smallest absolute Gasteiger partial charge is 0.242 e. The van der Waals surface area contributed by atoms with Gasteiger partial charge in [0.2, 0.25) is 10.0 Å². The van der Waals surface area contributed by atoms with Crippen LogP contribution in [0, 0.1) is 0 Å². The van der Waals surface area contributed by atoms with E-state index in [1.165, 1.54) is 30.6 Å². The summed E-state index contributed by atoms with van der Waals surface area (Å²) in [5.41, 5.74) is 0. The Bertz CT molecular complexity index is 774.